The van der Waals surface area contributed by atoms with Gasteiger partial charge in [-0.3, -0.25) is 9.59 Å². The standard InChI is InChI=1S/C19H19NO5/c1-25-18(24)10-2-4-11(5-3-10)20-16(21)14-12-6-7-13(15(14)17(22)23)19(12)8-9-19/h2-7,12-15H,8-9H2,1H3,(H,20,21)(H,22,23). The molecular formula is C19H19NO5. The molecule has 4 rings (SSSR count). The SMILES string of the molecule is COC(=O)c1ccc(NC(=O)C2C(C(=O)O)C3C=CC2C32CC2)cc1. The molecule has 0 heterocycles. The van der Waals surface area contributed by atoms with Crippen LogP contribution in [0.25, 0.3) is 0 Å². The molecule has 0 radical (unpaired) electrons. The van der Waals surface area contributed by atoms with Crippen LogP contribution in [0.2, 0.25) is 0 Å². The van der Waals surface area contributed by atoms with Crippen LogP contribution < -0.4 is 5.32 Å². The molecule has 2 N–H and O–H groups in total. The lowest BCUT2D eigenvalue weighted by molar-refractivity contribution is -0.146. The zero-order valence-electron chi connectivity index (χ0n) is 13.8. The minimum atomic E-state index is -0.899. The zero-order chi connectivity index (χ0) is 17.8. The summed E-state index contributed by atoms with van der Waals surface area (Å²) < 4.78 is 4.64. The first kappa shape index (κ1) is 15.9. The molecule has 2 bridgehead atoms. The van der Waals surface area contributed by atoms with Gasteiger partial charge in [0.05, 0.1) is 24.5 Å². The van der Waals surface area contributed by atoms with E-state index < -0.39 is 23.8 Å². The van der Waals surface area contributed by atoms with Gasteiger partial charge < -0.3 is 15.2 Å². The number of allylic oxidation sites excluding steroid dienone is 2. The molecule has 4 unspecified atom stereocenters. The van der Waals surface area contributed by atoms with Crippen molar-refractivity contribution in [3.8, 4) is 0 Å². The Labute approximate surface area is 144 Å². The van der Waals surface area contributed by atoms with E-state index in [4.69, 9.17) is 0 Å². The molecule has 0 aliphatic heterocycles. The van der Waals surface area contributed by atoms with E-state index in [-0.39, 0.29) is 23.2 Å². The number of aliphatic carboxylic acids is 1. The Morgan fingerprint density at radius 3 is 2.20 bits per heavy atom. The normalized spacial score (nSPS) is 30.3. The molecular weight excluding hydrogens is 322 g/mol. The molecule has 1 amide bonds. The molecule has 3 aliphatic rings. The van der Waals surface area contributed by atoms with E-state index in [0.717, 1.165) is 12.8 Å². The van der Waals surface area contributed by atoms with Gasteiger partial charge in [-0.2, -0.15) is 0 Å². The summed E-state index contributed by atoms with van der Waals surface area (Å²) in [4.78, 5) is 36.0. The fourth-order valence-electron chi connectivity index (χ4n) is 4.72. The maximum Gasteiger partial charge on any atom is 0.337 e. The first-order valence-corrected chi connectivity index (χ1v) is 8.38. The smallest absolute Gasteiger partial charge is 0.337 e. The summed E-state index contributed by atoms with van der Waals surface area (Å²) in [5, 5.41) is 12.5. The van der Waals surface area contributed by atoms with Crippen LogP contribution in [0.3, 0.4) is 0 Å². The second kappa shape index (κ2) is 5.44. The number of amides is 1. The van der Waals surface area contributed by atoms with Crippen LogP contribution >= 0.6 is 0 Å². The van der Waals surface area contributed by atoms with Crippen molar-refractivity contribution in [3.05, 3.63) is 42.0 Å². The molecule has 4 atom stereocenters. The highest BCUT2D eigenvalue weighted by Gasteiger charge is 2.70. The van der Waals surface area contributed by atoms with Crippen LogP contribution in [0.15, 0.2) is 36.4 Å². The first-order chi connectivity index (χ1) is 12.0. The van der Waals surface area contributed by atoms with Crippen molar-refractivity contribution in [1.29, 1.82) is 0 Å². The third kappa shape index (κ3) is 2.27. The highest BCUT2D eigenvalue weighted by molar-refractivity contribution is 5.97. The van der Waals surface area contributed by atoms with Gasteiger partial charge in [0.15, 0.2) is 0 Å². The van der Waals surface area contributed by atoms with Crippen LogP contribution in [0.4, 0.5) is 5.69 Å². The number of carbonyl (C=O) groups is 3. The van der Waals surface area contributed by atoms with Crippen molar-refractivity contribution in [3.63, 3.8) is 0 Å². The van der Waals surface area contributed by atoms with Crippen molar-refractivity contribution < 1.29 is 24.2 Å². The Morgan fingerprint density at radius 2 is 1.68 bits per heavy atom. The number of nitrogens with one attached hydrogen (secondary N) is 1. The predicted molar refractivity (Wildman–Crippen MR) is 88.8 cm³/mol. The minimum absolute atomic E-state index is 0.000194. The number of carboxylic acids is 1. The van der Waals surface area contributed by atoms with E-state index in [9.17, 15) is 19.5 Å². The van der Waals surface area contributed by atoms with Gasteiger partial charge in [-0.25, -0.2) is 4.79 Å². The number of ether oxygens (including phenoxy) is 1. The summed E-state index contributed by atoms with van der Waals surface area (Å²) in [5.74, 6) is -2.84. The van der Waals surface area contributed by atoms with E-state index in [1.54, 1.807) is 24.3 Å². The first-order valence-electron chi connectivity index (χ1n) is 8.38. The summed E-state index contributed by atoms with van der Waals surface area (Å²) >= 11 is 0. The Hall–Kier alpha value is -2.63. The molecule has 6 nitrogen and oxygen atoms in total. The summed E-state index contributed by atoms with van der Waals surface area (Å²) in [6.07, 6.45) is 6.01. The monoisotopic (exact) mass is 341 g/mol. The van der Waals surface area contributed by atoms with Gasteiger partial charge in [0.1, 0.15) is 0 Å². The van der Waals surface area contributed by atoms with Crippen LogP contribution in [0.5, 0.6) is 0 Å². The van der Waals surface area contributed by atoms with Crippen LogP contribution in [-0.2, 0) is 14.3 Å². The maximum atomic E-state index is 12.8. The number of anilines is 1. The molecule has 3 aliphatic carbocycles. The van der Waals surface area contributed by atoms with Crippen molar-refractivity contribution >= 4 is 23.5 Å². The Balaban J connectivity index is 1.54. The summed E-state index contributed by atoms with van der Waals surface area (Å²) in [7, 11) is 1.31. The summed E-state index contributed by atoms with van der Waals surface area (Å²) in [6.45, 7) is 0. The summed E-state index contributed by atoms with van der Waals surface area (Å²) in [6, 6.07) is 6.38. The number of hydrogen-bond acceptors (Lipinski definition) is 4. The van der Waals surface area contributed by atoms with Gasteiger partial charge in [-0.05, 0) is 54.4 Å². The molecule has 25 heavy (non-hydrogen) atoms. The van der Waals surface area contributed by atoms with Gasteiger partial charge in [0, 0.05) is 5.69 Å². The number of esters is 1. The van der Waals surface area contributed by atoms with Crippen molar-refractivity contribution in [2.45, 2.75) is 12.8 Å². The number of methoxy groups -OCH3 is 1. The zero-order valence-corrected chi connectivity index (χ0v) is 13.8. The number of benzene rings is 1. The van der Waals surface area contributed by atoms with Crippen LogP contribution in [0.1, 0.15) is 23.2 Å². The summed E-state index contributed by atoms with van der Waals surface area (Å²) in [5.41, 5.74) is 0.932. The average Bonchev–Trinajstić information content (AvgIpc) is 3.27. The third-order valence-electron chi connectivity index (χ3n) is 6.00. The number of carbonyl (C=O) groups excluding carboxylic acids is 2. The number of rotatable bonds is 4. The molecule has 0 aromatic heterocycles. The fraction of sp³-hybridized carbons (Fsp3) is 0.421. The van der Waals surface area contributed by atoms with Crippen molar-refractivity contribution in [2.24, 2.45) is 29.1 Å². The quantitative estimate of drug-likeness (QED) is 0.648. The molecule has 2 fully saturated rings. The van der Waals surface area contributed by atoms with Gasteiger partial charge in [-0.15, -0.1) is 0 Å². The minimum Gasteiger partial charge on any atom is -0.481 e. The van der Waals surface area contributed by atoms with Crippen molar-refractivity contribution in [1.82, 2.24) is 0 Å². The molecule has 130 valence electrons. The Bertz CT molecular complexity index is 778. The lowest BCUT2D eigenvalue weighted by atomic mass is 9.82. The lowest BCUT2D eigenvalue weighted by Gasteiger charge is -2.23. The lowest BCUT2D eigenvalue weighted by Crippen LogP contribution is -2.36. The highest BCUT2D eigenvalue weighted by Crippen LogP contribution is 2.72. The van der Waals surface area contributed by atoms with Gasteiger partial charge in [0.2, 0.25) is 5.91 Å². The molecule has 1 spiro atoms. The highest BCUT2D eigenvalue weighted by atomic mass is 16.5. The Kier molecular flexibility index (Phi) is 3.45. The van der Waals surface area contributed by atoms with Crippen molar-refractivity contribution in [2.75, 3.05) is 12.4 Å². The second-order valence-electron chi connectivity index (χ2n) is 7.12. The van der Waals surface area contributed by atoms with Gasteiger partial charge in [0.25, 0.3) is 0 Å². The van der Waals surface area contributed by atoms with Gasteiger partial charge >= 0.3 is 11.9 Å². The number of carboxylic acid groups (broad SMARTS) is 1. The molecule has 6 heteroatoms. The van der Waals surface area contributed by atoms with Gasteiger partial charge in [-0.1, -0.05) is 12.2 Å². The van der Waals surface area contributed by atoms with E-state index in [2.05, 4.69) is 10.1 Å². The van der Waals surface area contributed by atoms with E-state index >= 15 is 0 Å². The van der Waals surface area contributed by atoms with Crippen LogP contribution in [-0.4, -0.2) is 30.1 Å². The topological polar surface area (TPSA) is 92.7 Å². The molecule has 1 aromatic rings. The fourth-order valence-corrected chi connectivity index (χ4v) is 4.72. The Morgan fingerprint density at radius 1 is 1.08 bits per heavy atom. The maximum absolute atomic E-state index is 12.8. The van der Waals surface area contributed by atoms with E-state index in [1.807, 2.05) is 12.2 Å². The van der Waals surface area contributed by atoms with Crippen LogP contribution in [0, 0.1) is 29.1 Å². The number of hydrogen-bond donors (Lipinski definition) is 2. The predicted octanol–water partition coefficient (Wildman–Crippen LogP) is 2.32. The van der Waals surface area contributed by atoms with E-state index in [1.165, 1.54) is 7.11 Å². The molecule has 2 saturated carbocycles. The largest absolute Gasteiger partial charge is 0.481 e. The third-order valence-corrected chi connectivity index (χ3v) is 6.00. The molecule has 0 saturated heterocycles. The second-order valence-corrected chi connectivity index (χ2v) is 7.12. The molecule has 1 aromatic carbocycles. The van der Waals surface area contributed by atoms with E-state index in [0.29, 0.717) is 11.3 Å². The average molecular weight is 341 g/mol.